The number of halogens is 2. The Kier molecular flexibility index (Phi) is 6.04. The fraction of sp³-hybridized carbons (Fsp3) is 0.0435. The third-order valence-electron chi connectivity index (χ3n) is 4.47. The topological polar surface area (TPSA) is 51.2 Å². The number of hydrogen-bond donors (Lipinski definition) is 1. The van der Waals surface area contributed by atoms with Crippen LogP contribution in [-0.2, 0) is 0 Å². The summed E-state index contributed by atoms with van der Waals surface area (Å²) in [5.41, 5.74) is 4.29. The van der Waals surface area contributed by atoms with Gasteiger partial charge in [-0.3, -0.25) is 10.1 Å². The molecule has 0 aliphatic heterocycles. The molecule has 0 aliphatic carbocycles. The lowest BCUT2D eigenvalue weighted by Crippen LogP contribution is -2.13. The first-order valence-corrected chi connectivity index (χ1v) is 10.6. The summed E-state index contributed by atoms with van der Waals surface area (Å²) in [4.78, 5) is 17.2. The van der Waals surface area contributed by atoms with Crippen LogP contribution in [0.4, 0.5) is 5.13 Å². The van der Waals surface area contributed by atoms with Gasteiger partial charge in [-0.15, -0.1) is 11.3 Å². The van der Waals surface area contributed by atoms with E-state index in [1.807, 2.05) is 35.7 Å². The molecule has 1 aromatic heterocycles. The molecular formula is C23H16Cl2N2O2S. The van der Waals surface area contributed by atoms with Crippen molar-refractivity contribution in [1.82, 2.24) is 4.98 Å². The quantitative estimate of drug-likeness (QED) is 0.351. The number of nitrogens with zero attached hydrogens (tertiary/aromatic N) is 1. The monoisotopic (exact) mass is 454 g/mol. The average Bonchev–Trinajstić information content (AvgIpc) is 3.22. The maximum Gasteiger partial charge on any atom is 0.261 e. The molecule has 0 radical (unpaired) electrons. The molecule has 30 heavy (non-hydrogen) atoms. The van der Waals surface area contributed by atoms with Gasteiger partial charge in [0.1, 0.15) is 5.75 Å². The Morgan fingerprint density at radius 2 is 1.63 bits per heavy atom. The molecule has 1 N–H and O–H groups in total. The predicted octanol–water partition coefficient (Wildman–Crippen LogP) is 7.04. The van der Waals surface area contributed by atoms with Crippen LogP contribution in [0.25, 0.3) is 22.4 Å². The van der Waals surface area contributed by atoms with Crippen LogP contribution in [0.5, 0.6) is 5.75 Å². The van der Waals surface area contributed by atoms with Crippen LogP contribution in [0.1, 0.15) is 10.4 Å². The second-order valence-corrected chi connectivity index (χ2v) is 8.11. The van der Waals surface area contributed by atoms with E-state index in [0.29, 0.717) is 10.2 Å². The summed E-state index contributed by atoms with van der Waals surface area (Å²) in [5.74, 6) is -0.122. The van der Waals surface area contributed by atoms with Gasteiger partial charge in [-0.2, -0.15) is 0 Å². The number of thiazole rings is 1. The van der Waals surface area contributed by atoms with E-state index in [1.165, 1.54) is 30.6 Å². The van der Waals surface area contributed by atoms with Crippen LogP contribution in [0, 0.1) is 0 Å². The maximum atomic E-state index is 12.7. The molecule has 0 atom stereocenters. The van der Waals surface area contributed by atoms with Crippen molar-refractivity contribution < 1.29 is 9.53 Å². The molecule has 4 rings (SSSR count). The maximum absolute atomic E-state index is 12.7. The lowest BCUT2D eigenvalue weighted by Gasteiger charge is -2.10. The van der Waals surface area contributed by atoms with E-state index in [4.69, 9.17) is 27.9 Å². The molecule has 4 aromatic rings. The van der Waals surface area contributed by atoms with Crippen LogP contribution in [0.2, 0.25) is 10.0 Å². The summed E-state index contributed by atoms with van der Waals surface area (Å²) in [6.07, 6.45) is 0. The summed E-state index contributed by atoms with van der Waals surface area (Å²) in [6, 6.07) is 21.4. The first kappa shape index (κ1) is 20.4. The Hall–Kier alpha value is -2.86. The number of benzene rings is 3. The van der Waals surface area contributed by atoms with E-state index >= 15 is 0 Å². The van der Waals surface area contributed by atoms with E-state index in [0.717, 1.165) is 22.4 Å². The van der Waals surface area contributed by atoms with Crippen molar-refractivity contribution in [1.29, 1.82) is 0 Å². The highest BCUT2D eigenvalue weighted by Crippen LogP contribution is 2.33. The first-order valence-electron chi connectivity index (χ1n) is 9.01. The van der Waals surface area contributed by atoms with Crippen LogP contribution < -0.4 is 10.1 Å². The first-order chi connectivity index (χ1) is 14.5. The van der Waals surface area contributed by atoms with Crippen molar-refractivity contribution in [2.75, 3.05) is 12.4 Å². The van der Waals surface area contributed by atoms with E-state index < -0.39 is 5.91 Å². The van der Waals surface area contributed by atoms with E-state index in [2.05, 4.69) is 34.6 Å². The molecule has 0 fully saturated rings. The number of methoxy groups -OCH3 is 1. The normalized spacial score (nSPS) is 10.6. The summed E-state index contributed by atoms with van der Waals surface area (Å²) < 4.78 is 5.24. The van der Waals surface area contributed by atoms with Crippen LogP contribution >= 0.6 is 34.5 Å². The third-order valence-corrected chi connectivity index (χ3v) is 5.73. The summed E-state index contributed by atoms with van der Waals surface area (Å²) in [6.45, 7) is 0. The number of nitrogens with one attached hydrogen (secondary N) is 1. The molecule has 3 aromatic carbocycles. The summed E-state index contributed by atoms with van der Waals surface area (Å²) >= 11 is 13.5. The molecule has 0 bridgehead atoms. The van der Waals surface area contributed by atoms with Crippen molar-refractivity contribution in [3.05, 3.63) is 87.7 Å². The van der Waals surface area contributed by atoms with Gasteiger partial charge in [0.2, 0.25) is 0 Å². The molecule has 0 unspecified atom stereocenters. The van der Waals surface area contributed by atoms with E-state index in [-0.39, 0.29) is 16.3 Å². The number of rotatable bonds is 5. The Labute approximate surface area is 188 Å². The van der Waals surface area contributed by atoms with Gasteiger partial charge in [0.15, 0.2) is 5.13 Å². The van der Waals surface area contributed by atoms with Gasteiger partial charge >= 0.3 is 0 Å². The van der Waals surface area contributed by atoms with Gasteiger partial charge in [-0.1, -0.05) is 77.8 Å². The molecule has 0 aliphatic rings. The largest absolute Gasteiger partial charge is 0.494 e. The number of hydrogen-bond acceptors (Lipinski definition) is 4. The van der Waals surface area contributed by atoms with Gasteiger partial charge in [0.05, 0.1) is 23.4 Å². The number of aromatic nitrogens is 1. The van der Waals surface area contributed by atoms with Crippen molar-refractivity contribution in [3.8, 4) is 28.1 Å². The summed E-state index contributed by atoms with van der Waals surface area (Å²) in [5, 5.41) is 5.78. The minimum Gasteiger partial charge on any atom is -0.494 e. The van der Waals surface area contributed by atoms with Crippen LogP contribution in [0.3, 0.4) is 0 Å². The van der Waals surface area contributed by atoms with E-state index in [9.17, 15) is 4.79 Å². The smallest absolute Gasteiger partial charge is 0.261 e. The van der Waals surface area contributed by atoms with Crippen molar-refractivity contribution >= 4 is 45.6 Å². The van der Waals surface area contributed by atoms with Crippen molar-refractivity contribution in [3.63, 3.8) is 0 Å². The fourth-order valence-electron chi connectivity index (χ4n) is 3.03. The van der Waals surface area contributed by atoms with Crippen LogP contribution in [0.15, 0.2) is 72.1 Å². The molecule has 0 saturated carbocycles. The molecule has 7 heteroatoms. The Balaban J connectivity index is 1.53. The van der Waals surface area contributed by atoms with Crippen LogP contribution in [-0.4, -0.2) is 18.0 Å². The second kappa shape index (κ2) is 8.88. The lowest BCUT2D eigenvalue weighted by molar-refractivity contribution is 0.102. The average molecular weight is 455 g/mol. The molecular weight excluding hydrogens is 439 g/mol. The molecule has 4 nitrogen and oxygen atoms in total. The summed E-state index contributed by atoms with van der Waals surface area (Å²) in [7, 11) is 1.45. The highest BCUT2D eigenvalue weighted by atomic mass is 35.5. The minimum absolute atomic E-state index is 0.249. The number of amides is 1. The Morgan fingerprint density at radius 1 is 0.967 bits per heavy atom. The third kappa shape index (κ3) is 4.33. The number of carbonyl (C=O) groups is 1. The van der Waals surface area contributed by atoms with Gasteiger partial charge in [0.25, 0.3) is 5.91 Å². The number of carbonyl (C=O) groups excluding carboxylic acids is 1. The number of ether oxygens (including phenoxy) is 1. The zero-order chi connectivity index (χ0) is 21.1. The second-order valence-electron chi connectivity index (χ2n) is 6.40. The molecule has 1 amide bonds. The minimum atomic E-state index is -0.392. The highest BCUT2D eigenvalue weighted by Gasteiger charge is 2.18. The number of anilines is 1. The van der Waals surface area contributed by atoms with E-state index in [1.54, 1.807) is 0 Å². The standard InChI is InChI=1S/C23H16Cl2N2O2S/c1-29-21-18(11-17(24)12-19(21)25)22(28)27-23-26-20(13-30-23)16-9-7-15(8-10-16)14-5-3-2-4-6-14/h2-13H,1H3,(H,26,27,28). The molecule has 150 valence electrons. The van der Waals surface area contributed by atoms with Crippen molar-refractivity contribution in [2.24, 2.45) is 0 Å². The molecule has 1 heterocycles. The molecule has 0 spiro atoms. The van der Waals surface area contributed by atoms with Gasteiger partial charge in [-0.05, 0) is 23.3 Å². The lowest BCUT2D eigenvalue weighted by atomic mass is 10.0. The predicted molar refractivity (Wildman–Crippen MR) is 124 cm³/mol. The fourth-order valence-corrected chi connectivity index (χ4v) is 4.31. The highest BCUT2D eigenvalue weighted by molar-refractivity contribution is 7.14. The van der Waals surface area contributed by atoms with Gasteiger partial charge in [0, 0.05) is 16.0 Å². The Bertz CT molecular complexity index is 1190. The van der Waals surface area contributed by atoms with Gasteiger partial charge < -0.3 is 4.74 Å². The van der Waals surface area contributed by atoms with Gasteiger partial charge in [-0.25, -0.2) is 4.98 Å². The van der Waals surface area contributed by atoms with Crippen molar-refractivity contribution in [2.45, 2.75) is 0 Å². The SMILES string of the molecule is COc1c(Cl)cc(Cl)cc1C(=O)Nc1nc(-c2ccc(-c3ccccc3)cc2)cs1. The molecule has 0 saturated heterocycles. The Morgan fingerprint density at radius 3 is 2.33 bits per heavy atom. The zero-order valence-electron chi connectivity index (χ0n) is 15.9. The zero-order valence-corrected chi connectivity index (χ0v) is 18.2.